The third kappa shape index (κ3) is 4.28. The number of nitrogens with one attached hydrogen (secondary N) is 1. The zero-order valence-corrected chi connectivity index (χ0v) is 11.5. The summed E-state index contributed by atoms with van der Waals surface area (Å²) in [7, 11) is 0. The van der Waals surface area contributed by atoms with Crippen LogP contribution in [0.1, 0.15) is 10.4 Å². The van der Waals surface area contributed by atoms with Crippen LogP contribution in [0.25, 0.3) is 0 Å². The number of ether oxygens (including phenoxy) is 1. The fourth-order valence-corrected chi connectivity index (χ4v) is 1.59. The fourth-order valence-electron chi connectivity index (χ4n) is 1.59. The molecule has 22 heavy (non-hydrogen) atoms. The SMILES string of the molecule is O=C(NCC#CCOc1cccnc1)c1c(F)cccc1F. The van der Waals surface area contributed by atoms with Crippen molar-refractivity contribution in [3.8, 4) is 17.6 Å². The highest BCUT2D eigenvalue weighted by Crippen LogP contribution is 2.11. The Bertz CT molecular complexity index is 689. The van der Waals surface area contributed by atoms with Crippen molar-refractivity contribution in [3.63, 3.8) is 0 Å². The number of amides is 1. The molecule has 1 N–H and O–H groups in total. The Kier molecular flexibility index (Phi) is 5.44. The zero-order valence-electron chi connectivity index (χ0n) is 11.5. The van der Waals surface area contributed by atoms with Crippen LogP contribution in [0.3, 0.4) is 0 Å². The molecule has 1 aromatic heterocycles. The molecule has 0 aliphatic rings. The van der Waals surface area contributed by atoms with E-state index in [0.717, 1.165) is 12.1 Å². The Morgan fingerprint density at radius 3 is 2.64 bits per heavy atom. The van der Waals surface area contributed by atoms with Gasteiger partial charge in [0.1, 0.15) is 29.6 Å². The molecule has 112 valence electrons. The molecule has 0 atom stereocenters. The monoisotopic (exact) mass is 302 g/mol. The fraction of sp³-hybridized carbons (Fsp3) is 0.125. The van der Waals surface area contributed by atoms with Crippen LogP contribution in [0.5, 0.6) is 5.75 Å². The van der Waals surface area contributed by atoms with Gasteiger partial charge in [0.2, 0.25) is 0 Å². The van der Waals surface area contributed by atoms with Crippen molar-refractivity contribution in [2.45, 2.75) is 0 Å². The molecule has 0 saturated heterocycles. The van der Waals surface area contributed by atoms with E-state index in [-0.39, 0.29) is 13.2 Å². The van der Waals surface area contributed by atoms with Crippen molar-refractivity contribution in [2.75, 3.05) is 13.2 Å². The van der Waals surface area contributed by atoms with Gasteiger partial charge in [-0.05, 0) is 24.3 Å². The van der Waals surface area contributed by atoms with Crippen molar-refractivity contribution in [1.29, 1.82) is 0 Å². The highest BCUT2D eigenvalue weighted by atomic mass is 19.1. The molecule has 0 saturated carbocycles. The maximum atomic E-state index is 13.4. The van der Waals surface area contributed by atoms with Crippen molar-refractivity contribution in [3.05, 3.63) is 59.9 Å². The lowest BCUT2D eigenvalue weighted by Crippen LogP contribution is -2.25. The number of hydrogen-bond donors (Lipinski definition) is 1. The summed E-state index contributed by atoms with van der Waals surface area (Å²) < 4.78 is 32.0. The molecule has 0 aliphatic heterocycles. The number of hydrogen-bond acceptors (Lipinski definition) is 3. The van der Waals surface area contributed by atoms with Crippen LogP contribution in [-0.4, -0.2) is 24.0 Å². The molecule has 0 radical (unpaired) electrons. The Morgan fingerprint density at radius 2 is 1.95 bits per heavy atom. The predicted molar refractivity (Wildman–Crippen MR) is 76.2 cm³/mol. The second-order valence-corrected chi connectivity index (χ2v) is 4.11. The molecule has 0 unspecified atom stereocenters. The lowest BCUT2D eigenvalue weighted by atomic mass is 10.2. The number of pyridine rings is 1. The second kappa shape index (κ2) is 7.74. The van der Waals surface area contributed by atoms with Gasteiger partial charge in [0, 0.05) is 6.20 Å². The summed E-state index contributed by atoms with van der Waals surface area (Å²) in [5.41, 5.74) is -0.615. The van der Waals surface area contributed by atoms with Gasteiger partial charge in [-0.1, -0.05) is 17.9 Å². The van der Waals surface area contributed by atoms with Crippen LogP contribution in [0, 0.1) is 23.5 Å². The first-order valence-electron chi connectivity index (χ1n) is 6.39. The highest BCUT2D eigenvalue weighted by molar-refractivity contribution is 5.94. The van der Waals surface area contributed by atoms with Crippen molar-refractivity contribution < 1.29 is 18.3 Å². The molecule has 0 spiro atoms. The van der Waals surface area contributed by atoms with Gasteiger partial charge < -0.3 is 10.1 Å². The number of carbonyl (C=O) groups excluding carboxylic acids is 1. The smallest absolute Gasteiger partial charge is 0.258 e. The minimum Gasteiger partial charge on any atom is -0.479 e. The average molecular weight is 302 g/mol. The third-order valence-corrected chi connectivity index (χ3v) is 2.60. The predicted octanol–water partition coefficient (Wildman–Crippen LogP) is 2.17. The van der Waals surface area contributed by atoms with E-state index in [1.165, 1.54) is 6.07 Å². The summed E-state index contributed by atoms with van der Waals surface area (Å²) in [6, 6.07) is 6.69. The van der Waals surface area contributed by atoms with E-state index >= 15 is 0 Å². The number of carbonyl (C=O) groups is 1. The first kappa shape index (κ1) is 15.4. The maximum absolute atomic E-state index is 13.4. The number of rotatable bonds is 4. The summed E-state index contributed by atoms with van der Waals surface area (Å²) >= 11 is 0. The van der Waals surface area contributed by atoms with Gasteiger partial charge in [-0.15, -0.1) is 0 Å². The number of halogens is 2. The summed E-state index contributed by atoms with van der Waals surface area (Å²) in [5, 5.41) is 2.32. The Labute approximate surface area is 126 Å². The summed E-state index contributed by atoms with van der Waals surface area (Å²) in [5.74, 6) is 3.20. The van der Waals surface area contributed by atoms with E-state index in [1.807, 2.05) is 0 Å². The van der Waals surface area contributed by atoms with Crippen LogP contribution in [0.4, 0.5) is 8.78 Å². The summed E-state index contributed by atoms with van der Waals surface area (Å²) in [4.78, 5) is 15.5. The minimum absolute atomic E-state index is 0.0387. The molecular weight excluding hydrogens is 290 g/mol. The molecule has 4 nitrogen and oxygen atoms in total. The van der Waals surface area contributed by atoms with E-state index < -0.39 is 23.1 Å². The summed E-state index contributed by atoms with van der Waals surface area (Å²) in [6.45, 7) is 0.0820. The quantitative estimate of drug-likeness (QED) is 0.881. The highest BCUT2D eigenvalue weighted by Gasteiger charge is 2.15. The standard InChI is InChI=1S/C16H12F2N2O2/c17-13-6-3-7-14(18)15(13)16(21)20-9-1-2-10-22-12-5-4-8-19-11-12/h3-8,11H,9-10H2,(H,20,21). The van der Waals surface area contributed by atoms with Gasteiger partial charge >= 0.3 is 0 Å². The van der Waals surface area contributed by atoms with E-state index in [9.17, 15) is 13.6 Å². The van der Waals surface area contributed by atoms with E-state index in [4.69, 9.17) is 4.74 Å². The lowest BCUT2D eigenvalue weighted by molar-refractivity contribution is 0.0950. The van der Waals surface area contributed by atoms with E-state index in [2.05, 4.69) is 22.1 Å². The molecule has 0 fully saturated rings. The van der Waals surface area contributed by atoms with Gasteiger partial charge in [0.25, 0.3) is 5.91 Å². The number of aromatic nitrogens is 1. The maximum Gasteiger partial charge on any atom is 0.258 e. The summed E-state index contributed by atoms with van der Waals surface area (Å²) in [6.07, 6.45) is 3.17. The Hall–Kier alpha value is -2.94. The van der Waals surface area contributed by atoms with Crippen LogP contribution in [-0.2, 0) is 0 Å². The molecule has 0 bridgehead atoms. The topological polar surface area (TPSA) is 51.2 Å². The van der Waals surface area contributed by atoms with Crippen LogP contribution in [0.2, 0.25) is 0 Å². The van der Waals surface area contributed by atoms with Crippen LogP contribution >= 0.6 is 0 Å². The normalized spacial score (nSPS) is 9.55. The minimum atomic E-state index is -0.912. The number of benzene rings is 1. The molecule has 1 aromatic carbocycles. The van der Waals surface area contributed by atoms with Crippen molar-refractivity contribution in [1.82, 2.24) is 10.3 Å². The Morgan fingerprint density at radius 1 is 1.18 bits per heavy atom. The van der Waals surface area contributed by atoms with E-state index in [1.54, 1.807) is 24.5 Å². The average Bonchev–Trinajstić information content (AvgIpc) is 2.51. The molecule has 2 aromatic rings. The number of nitrogens with zero attached hydrogens (tertiary/aromatic N) is 1. The largest absolute Gasteiger partial charge is 0.479 e. The van der Waals surface area contributed by atoms with Gasteiger partial charge in [-0.25, -0.2) is 8.78 Å². The molecule has 2 rings (SSSR count). The Balaban J connectivity index is 1.79. The second-order valence-electron chi connectivity index (χ2n) is 4.11. The van der Waals surface area contributed by atoms with Gasteiger partial charge in [0.05, 0.1) is 12.7 Å². The first-order chi connectivity index (χ1) is 10.7. The molecular formula is C16H12F2N2O2. The molecule has 1 amide bonds. The molecule has 6 heteroatoms. The van der Waals surface area contributed by atoms with Crippen LogP contribution < -0.4 is 10.1 Å². The van der Waals surface area contributed by atoms with Gasteiger partial charge in [-0.2, -0.15) is 0 Å². The lowest BCUT2D eigenvalue weighted by Gasteiger charge is -2.04. The van der Waals surface area contributed by atoms with Gasteiger partial charge in [-0.3, -0.25) is 9.78 Å². The van der Waals surface area contributed by atoms with Crippen LogP contribution in [0.15, 0.2) is 42.7 Å². The molecule has 0 aliphatic carbocycles. The first-order valence-corrected chi connectivity index (χ1v) is 6.39. The van der Waals surface area contributed by atoms with Crippen molar-refractivity contribution in [2.24, 2.45) is 0 Å². The molecule has 1 heterocycles. The third-order valence-electron chi connectivity index (χ3n) is 2.60. The van der Waals surface area contributed by atoms with Crippen molar-refractivity contribution >= 4 is 5.91 Å². The zero-order chi connectivity index (χ0) is 15.8. The van der Waals surface area contributed by atoms with Gasteiger partial charge in [0.15, 0.2) is 0 Å². The van der Waals surface area contributed by atoms with E-state index in [0.29, 0.717) is 5.75 Å².